The van der Waals surface area contributed by atoms with Crippen LogP contribution in [-0.4, -0.2) is 20.6 Å². The van der Waals surface area contributed by atoms with E-state index in [9.17, 15) is 23.5 Å². The molecular weight excluding hydrogens is 380 g/mol. The number of nitrogens with zero attached hydrogens (tertiary/aromatic N) is 2. The van der Waals surface area contributed by atoms with Gasteiger partial charge in [0.15, 0.2) is 17.3 Å². The van der Waals surface area contributed by atoms with Crippen LogP contribution in [0.3, 0.4) is 0 Å². The highest BCUT2D eigenvalue weighted by molar-refractivity contribution is 6.09. The van der Waals surface area contributed by atoms with E-state index in [1.54, 1.807) is 36.4 Å². The number of anilines is 1. The van der Waals surface area contributed by atoms with Crippen molar-refractivity contribution in [2.45, 2.75) is 0 Å². The average molecular weight is 393 g/mol. The first kappa shape index (κ1) is 18.3. The molecular formula is C21H13F2N3O3. The van der Waals surface area contributed by atoms with Gasteiger partial charge in [-0.15, -0.1) is 0 Å². The first-order valence-corrected chi connectivity index (χ1v) is 8.52. The van der Waals surface area contributed by atoms with Crippen LogP contribution in [0.15, 0.2) is 71.7 Å². The Labute approximate surface area is 162 Å². The van der Waals surface area contributed by atoms with Crippen LogP contribution in [0, 0.1) is 11.6 Å². The summed E-state index contributed by atoms with van der Waals surface area (Å²) in [6.07, 6.45) is 1.46. The van der Waals surface area contributed by atoms with Crippen molar-refractivity contribution in [3.8, 4) is 11.4 Å². The molecule has 144 valence electrons. The second-order valence-corrected chi connectivity index (χ2v) is 6.16. The predicted molar refractivity (Wildman–Crippen MR) is 103 cm³/mol. The maximum absolute atomic E-state index is 13.4. The minimum atomic E-state index is -1.16. The van der Waals surface area contributed by atoms with E-state index < -0.39 is 34.4 Å². The molecule has 0 radical (unpaired) electrons. The summed E-state index contributed by atoms with van der Waals surface area (Å²) in [6, 6.07) is 14.3. The van der Waals surface area contributed by atoms with E-state index in [4.69, 9.17) is 0 Å². The number of hydrogen-bond acceptors (Lipinski definition) is 4. The van der Waals surface area contributed by atoms with E-state index in [-0.39, 0.29) is 16.7 Å². The fraction of sp³-hybridized carbons (Fsp3) is 0. The highest BCUT2D eigenvalue weighted by atomic mass is 19.2. The molecule has 29 heavy (non-hydrogen) atoms. The highest BCUT2D eigenvalue weighted by Crippen LogP contribution is 2.27. The molecule has 6 nitrogen and oxygen atoms in total. The summed E-state index contributed by atoms with van der Waals surface area (Å²) in [4.78, 5) is 30.0. The van der Waals surface area contributed by atoms with Gasteiger partial charge in [0.1, 0.15) is 11.3 Å². The third-order valence-corrected chi connectivity index (χ3v) is 4.33. The van der Waals surface area contributed by atoms with E-state index in [0.29, 0.717) is 5.69 Å². The molecule has 0 bridgehead atoms. The number of aromatic nitrogens is 2. The number of fused-ring (bicyclic) bond motifs is 1. The van der Waals surface area contributed by atoms with Crippen molar-refractivity contribution in [2.24, 2.45) is 0 Å². The van der Waals surface area contributed by atoms with Crippen molar-refractivity contribution in [1.29, 1.82) is 0 Å². The number of amides is 1. The van der Waals surface area contributed by atoms with Gasteiger partial charge in [-0.1, -0.05) is 18.2 Å². The van der Waals surface area contributed by atoms with Gasteiger partial charge >= 0.3 is 0 Å². The monoisotopic (exact) mass is 393 g/mol. The summed E-state index contributed by atoms with van der Waals surface area (Å²) in [6.45, 7) is 0. The Hall–Kier alpha value is -4.07. The quantitative estimate of drug-likeness (QED) is 0.557. The number of benzene rings is 2. The van der Waals surface area contributed by atoms with Crippen molar-refractivity contribution < 1.29 is 18.7 Å². The second-order valence-electron chi connectivity index (χ2n) is 6.16. The molecule has 2 aromatic carbocycles. The van der Waals surface area contributed by atoms with Crippen molar-refractivity contribution in [1.82, 2.24) is 9.55 Å². The maximum atomic E-state index is 13.4. The minimum Gasteiger partial charge on any atom is -0.506 e. The van der Waals surface area contributed by atoms with E-state index in [1.807, 2.05) is 0 Å². The van der Waals surface area contributed by atoms with Crippen LogP contribution < -0.4 is 10.9 Å². The van der Waals surface area contributed by atoms with Crippen LogP contribution in [0.5, 0.6) is 5.75 Å². The third kappa shape index (κ3) is 3.20. The summed E-state index contributed by atoms with van der Waals surface area (Å²) >= 11 is 0. The van der Waals surface area contributed by atoms with Gasteiger partial charge in [-0.25, -0.2) is 13.8 Å². The molecule has 0 aliphatic heterocycles. The molecule has 2 N–H and O–H groups in total. The lowest BCUT2D eigenvalue weighted by Gasteiger charge is -2.14. The number of carbonyl (C=O) groups excluding carboxylic acids is 1. The Morgan fingerprint density at radius 2 is 1.76 bits per heavy atom. The van der Waals surface area contributed by atoms with Crippen molar-refractivity contribution >= 4 is 22.6 Å². The number of hydrogen-bond donors (Lipinski definition) is 2. The predicted octanol–water partition coefficient (Wildman–Crippen LogP) is 3.62. The summed E-state index contributed by atoms with van der Waals surface area (Å²) in [5.74, 6) is -3.75. The smallest absolute Gasteiger partial charge is 0.273 e. The fourth-order valence-electron chi connectivity index (χ4n) is 2.99. The van der Waals surface area contributed by atoms with Crippen molar-refractivity contribution in [3.05, 3.63) is 94.4 Å². The number of aromatic hydroxyl groups is 1. The number of halogens is 2. The second kappa shape index (κ2) is 7.16. The Morgan fingerprint density at radius 1 is 1.00 bits per heavy atom. The lowest BCUT2D eigenvalue weighted by molar-refractivity contribution is 0.102. The van der Waals surface area contributed by atoms with Crippen LogP contribution in [0.25, 0.3) is 16.7 Å². The maximum Gasteiger partial charge on any atom is 0.273 e. The SMILES string of the molecule is O=C(Nc1ccc(F)c(F)c1)c1c(O)c2cccnc2n(-c2ccccc2)c1=O. The molecule has 4 rings (SSSR count). The molecule has 0 aliphatic carbocycles. The average Bonchev–Trinajstić information content (AvgIpc) is 2.72. The minimum absolute atomic E-state index is 0.0646. The number of pyridine rings is 2. The van der Waals surface area contributed by atoms with Crippen LogP contribution >= 0.6 is 0 Å². The molecule has 0 fully saturated rings. The molecule has 8 heteroatoms. The van der Waals surface area contributed by atoms with Gasteiger partial charge in [0, 0.05) is 18.0 Å². The molecule has 0 saturated carbocycles. The highest BCUT2D eigenvalue weighted by Gasteiger charge is 2.24. The standard InChI is InChI=1S/C21H13F2N3O3/c22-15-9-8-12(11-16(15)23)25-20(28)17-18(27)14-7-4-10-24-19(14)26(21(17)29)13-5-2-1-3-6-13/h1-11,27H,(H,25,28). The first-order chi connectivity index (χ1) is 14.0. The topological polar surface area (TPSA) is 84.2 Å². The van der Waals surface area contributed by atoms with Gasteiger partial charge in [-0.2, -0.15) is 0 Å². The summed E-state index contributed by atoms with van der Waals surface area (Å²) < 4.78 is 27.8. The summed E-state index contributed by atoms with van der Waals surface area (Å²) in [7, 11) is 0. The third-order valence-electron chi connectivity index (χ3n) is 4.33. The summed E-state index contributed by atoms with van der Waals surface area (Å²) in [5.41, 5.74) is -0.794. The van der Waals surface area contributed by atoms with Gasteiger partial charge in [0.2, 0.25) is 0 Å². The number of nitrogens with one attached hydrogen (secondary N) is 1. The van der Waals surface area contributed by atoms with Gasteiger partial charge in [0.25, 0.3) is 11.5 Å². The number of para-hydroxylation sites is 1. The molecule has 4 aromatic rings. The Morgan fingerprint density at radius 3 is 2.48 bits per heavy atom. The Kier molecular flexibility index (Phi) is 4.52. The molecule has 0 saturated heterocycles. The summed E-state index contributed by atoms with van der Waals surface area (Å²) in [5, 5.41) is 13.1. The van der Waals surface area contributed by atoms with Crippen LogP contribution in [0.2, 0.25) is 0 Å². The van der Waals surface area contributed by atoms with Gasteiger partial charge in [0.05, 0.1) is 11.1 Å². The fourth-order valence-corrected chi connectivity index (χ4v) is 2.99. The number of rotatable bonds is 3. The zero-order valence-corrected chi connectivity index (χ0v) is 14.8. The van der Waals surface area contributed by atoms with Gasteiger partial charge in [-0.3, -0.25) is 14.2 Å². The van der Waals surface area contributed by atoms with Crippen LogP contribution in [-0.2, 0) is 0 Å². The number of carbonyl (C=O) groups is 1. The first-order valence-electron chi connectivity index (χ1n) is 8.52. The van der Waals surface area contributed by atoms with Crippen LogP contribution in [0.4, 0.5) is 14.5 Å². The normalized spacial score (nSPS) is 10.8. The molecule has 0 atom stereocenters. The molecule has 0 unspecified atom stereocenters. The molecule has 0 aliphatic rings. The van der Waals surface area contributed by atoms with Crippen molar-refractivity contribution in [3.63, 3.8) is 0 Å². The molecule has 1 amide bonds. The lowest BCUT2D eigenvalue weighted by Crippen LogP contribution is -2.29. The zero-order chi connectivity index (χ0) is 20.5. The van der Waals surface area contributed by atoms with E-state index in [0.717, 1.165) is 18.2 Å². The lowest BCUT2D eigenvalue weighted by atomic mass is 10.1. The van der Waals surface area contributed by atoms with E-state index >= 15 is 0 Å². The molecule has 2 heterocycles. The Balaban J connectivity index is 1.91. The van der Waals surface area contributed by atoms with E-state index in [2.05, 4.69) is 10.3 Å². The van der Waals surface area contributed by atoms with Crippen LogP contribution in [0.1, 0.15) is 10.4 Å². The Bertz CT molecular complexity index is 1300. The molecule has 2 aromatic heterocycles. The van der Waals surface area contributed by atoms with Gasteiger partial charge in [-0.05, 0) is 36.4 Å². The van der Waals surface area contributed by atoms with Gasteiger partial charge < -0.3 is 10.4 Å². The van der Waals surface area contributed by atoms with E-state index in [1.165, 1.54) is 16.8 Å². The molecule has 0 spiro atoms. The zero-order valence-electron chi connectivity index (χ0n) is 14.8. The van der Waals surface area contributed by atoms with Crippen molar-refractivity contribution in [2.75, 3.05) is 5.32 Å². The largest absolute Gasteiger partial charge is 0.506 e.